The van der Waals surface area contributed by atoms with Crippen LogP contribution >= 0.6 is 45.3 Å². The number of nitrogens with zero attached hydrogens (tertiary/aromatic N) is 4. The molecule has 0 unspecified atom stereocenters. The average Bonchev–Trinajstić information content (AvgIpc) is 1.60. The van der Waals surface area contributed by atoms with Gasteiger partial charge in [0.1, 0.15) is 19.6 Å². The van der Waals surface area contributed by atoms with Crippen LogP contribution in [-0.2, 0) is 88.5 Å². The van der Waals surface area contributed by atoms with Crippen LogP contribution in [0, 0.1) is 0 Å². The fourth-order valence-electron chi connectivity index (χ4n) is 12.1. The van der Waals surface area contributed by atoms with Gasteiger partial charge < -0.3 is 4.55 Å². The van der Waals surface area contributed by atoms with E-state index in [1.807, 2.05) is 22.7 Å². The van der Waals surface area contributed by atoms with Gasteiger partial charge in [0.25, 0.3) is 10.1 Å². The summed E-state index contributed by atoms with van der Waals surface area (Å²) in [7, 11) is -19.6. The van der Waals surface area contributed by atoms with Gasteiger partial charge in [0.15, 0.2) is 17.1 Å². The van der Waals surface area contributed by atoms with E-state index in [9.17, 15) is 21.4 Å². The third kappa shape index (κ3) is 20.5. The molecule has 8 aromatic rings. The number of benzene rings is 4. The van der Waals surface area contributed by atoms with Gasteiger partial charge in [-0.1, -0.05) is 46.6 Å². The van der Waals surface area contributed by atoms with E-state index < -0.39 is 62.7 Å². The van der Waals surface area contributed by atoms with Crippen LogP contribution in [0.2, 0.25) is 0 Å². The van der Waals surface area contributed by atoms with E-state index in [0.717, 1.165) is 13.1 Å². The van der Waals surface area contributed by atoms with Gasteiger partial charge in [-0.05, 0) is 149 Å². The molecule has 1 saturated heterocycles. The van der Waals surface area contributed by atoms with E-state index in [1.54, 1.807) is 22.7 Å². The number of rotatable bonds is 10. The molecular weight excluding hydrogens is 1460 g/mol. The molecule has 1 fully saturated rings. The highest BCUT2D eigenvalue weighted by Crippen LogP contribution is 2.49. The molecule has 0 saturated carbocycles. The molecule has 0 N–H and O–H groups in total. The summed E-state index contributed by atoms with van der Waals surface area (Å²) in [5.41, 5.74) is 16.7. The molecule has 0 amide bonds. The van der Waals surface area contributed by atoms with Gasteiger partial charge in [0.2, 0.25) is 17.1 Å². The highest BCUT2D eigenvalue weighted by Gasteiger charge is 2.46. The number of aliphatic imine (C=N–C) groups is 1. The molecule has 32 heteroatoms. The van der Waals surface area contributed by atoms with Crippen molar-refractivity contribution in [2.45, 2.75) is 157 Å². The first kappa shape index (κ1) is 82.4. The summed E-state index contributed by atoms with van der Waals surface area (Å²) in [4.78, 5) is 4.73. The SMILES string of the molecule is CC1=Nc2c(ccc3sccc23)C1(C)C.CC1=[N+](CCCS(=O)(=O)[O-])c2c(ccc3sccc23)C1(C)C.CCCC[N+]1=C(C)C(C)(C)c2ccc3sccc3c21.CCCC[N+]1=C(C)C(C)(C)c2ccc3sccc3c21.O=S(=O)=O.O=S(=O)=O.O=S(=O)=O.O=S(=O)=O.O=S1(=O)CCCO1. The topological polar surface area (TPSA) is 327 Å². The Balaban J connectivity index is 0.000000214. The minimum Gasteiger partial charge on any atom is -0.748 e. The van der Waals surface area contributed by atoms with Gasteiger partial charge in [0, 0.05) is 97.8 Å². The van der Waals surface area contributed by atoms with Gasteiger partial charge in [-0.2, -0.15) is 22.1 Å². The maximum absolute atomic E-state index is 10.9. The summed E-state index contributed by atoms with van der Waals surface area (Å²) in [6.07, 6.45) is 6.01. The van der Waals surface area contributed by atoms with Crippen molar-refractivity contribution in [3.63, 3.8) is 0 Å². The monoisotopic (exact) mass is 1540 g/mol. The lowest BCUT2D eigenvalue weighted by molar-refractivity contribution is -0.438. The molecule has 9 heterocycles. The van der Waals surface area contributed by atoms with E-state index in [2.05, 4.69) is 209 Å². The second-order valence-electron chi connectivity index (χ2n) is 25.2. The predicted molar refractivity (Wildman–Crippen MR) is 391 cm³/mol. The number of fused-ring (bicyclic) bond motifs is 12. The first-order valence-corrected chi connectivity index (χ1v) is 41.6. The van der Waals surface area contributed by atoms with Gasteiger partial charge in [-0.3, -0.25) is 9.18 Å². The van der Waals surface area contributed by atoms with Crippen LogP contribution in [0.15, 0.2) is 99.3 Å². The maximum atomic E-state index is 10.9. The Kier molecular flexibility index (Phi) is 29.3. The minimum absolute atomic E-state index is 0.0815. The molecule has 4 aromatic heterocycles. The summed E-state index contributed by atoms with van der Waals surface area (Å²) < 4.78 is 171. The lowest BCUT2D eigenvalue weighted by Gasteiger charge is -2.19. The first-order valence-electron chi connectivity index (χ1n) is 30.9. The van der Waals surface area contributed by atoms with E-state index in [1.165, 1.54) is 134 Å². The Morgan fingerprint density at radius 1 is 0.469 bits per heavy atom. The molecular formula is C66H82N4O18S10+2. The molecule has 13 rings (SSSR count). The molecule has 0 bridgehead atoms. The lowest BCUT2D eigenvalue weighted by atomic mass is 9.82. The quantitative estimate of drug-likeness (QED) is 0.0697. The van der Waals surface area contributed by atoms with E-state index in [0.29, 0.717) is 26.0 Å². The van der Waals surface area contributed by atoms with E-state index in [4.69, 9.17) is 55.5 Å². The van der Waals surface area contributed by atoms with Crippen molar-refractivity contribution >= 4 is 194 Å². The summed E-state index contributed by atoms with van der Waals surface area (Å²) in [6.45, 7) is 34.8. The smallest absolute Gasteiger partial charge is 0.425 e. The molecule has 22 nitrogen and oxygen atoms in total. The van der Waals surface area contributed by atoms with Crippen LogP contribution in [0.3, 0.4) is 0 Å². The van der Waals surface area contributed by atoms with Crippen LogP contribution < -0.4 is 0 Å². The zero-order valence-corrected chi connectivity index (χ0v) is 65.1. The normalized spacial score (nSPS) is 16.3. The molecule has 0 atom stereocenters. The second kappa shape index (κ2) is 34.9. The van der Waals surface area contributed by atoms with Crippen LogP contribution in [0.25, 0.3) is 40.3 Å². The molecule has 0 aliphatic carbocycles. The molecule has 0 radical (unpaired) electrons. The van der Waals surface area contributed by atoms with E-state index in [-0.39, 0.29) is 33.2 Å². The first-order chi connectivity index (χ1) is 45.6. The number of hydrogen-bond donors (Lipinski definition) is 0. The number of unbranched alkanes of at least 4 members (excludes halogenated alkanes) is 2. The fraction of sp³-hybridized carbons (Fsp3) is 0.455. The van der Waals surface area contributed by atoms with Crippen molar-refractivity contribution in [3.8, 4) is 0 Å². The zero-order chi connectivity index (χ0) is 73.6. The molecule has 98 heavy (non-hydrogen) atoms. The van der Waals surface area contributed by atoms with Crippen LogP contribution in [-0.4, -0.2) is 146 Å². The van der Waals surface area contributed by atoms with Crippen LogP contribution in [0.4, 0.5) is 22.7 Å². The Labute approximate surface area is 595 Å². The van der Waals surface area contributed by atoms with Gasteiger partial charge in [0.05, 0.1) is 60.6 Å². The largest absolute Gasteiger partial charge is 0.748 e. The van der Waals surface area contributed by atoms with Crippen molar-refractivity contribution < 1.29 is 89.8 Å². The van der Waals surface area contributed by atoms with Crippen molar-refractivity contribution in [3.05, 3.63) is 117 Å². The third-order valence-electron chi connectivity index (χ3n) is 18.1. The number of hydrogen-bond acceptors (Lipinski definition) is 23. The van der Waals surface area contributed by atoms with Crippen LogP contribution in [0.5, 0.6) is 0 Å². The molecule has 0 spiro atoms. The Morgan fingerprint density at radius 2 is 0.765 bits per heavy atom. The lowest BCUT2D eigenvalue weighted by Crippen LogP contribution is -2.27. The summed E-state index contributed by atoms with van der Waals surface area (Å²) in [6, 6.07) is 26.9. The average molecular weight is 1540 g/mol. The van der Waals surface area contributed by atoms with Crippen molar-refractivity contribution in [2.75, 3.05) is 37.7 Å². The summed E-state index contributed by atoms with van der Waals surface area (Å²) >= 11 is 7.18. The molecule has 5 aliphatic heterocycles. The van der Waals surface area contributed by atoms with Gasteiger partial charge >= 0.3 is 42.4 Å². The Bertz CT molecular complexity index is 4870. The van der Waals surface area contributed by atoms with Gasteiger partial charge in [-0.15, -0.1) is 95.9 Å². The molecule has 5 aliphatic rings. The summed E-state index contributed by atoms with van der Waals surface area (Å²) in [5.74, 6) is -0.112. The molecule has 4 aromatic carbocycles. The highest BCUT2D eigenvalue weighted by atomic mass is 32.2. The maximum Gasteiger partial charge on any atom is 0.425 e. The molecule has 532 valence electrons. The second-order valence-corrected chi connectivity index (χ2v) is 33.9. The standard InChI is InChI=1S/2C17H22NS.C16H19NO3S2.C13H13NS.C3H6O3S.4O3S/c2*1-5-6-10-18-12(2)17(3,4)14-7-8-15-13(16(14)18)9-11-19-15;1-11-16(2,3)13-5-6-14-12(7-9-21-14)15(13)17(11)8-4-10-22(18,19)20;1-8-13(2,3)10-4-5-11-9(6-7-15-11)12(10)14-8;4-7(5)3-1-2-6-7;4*1-4(2)3/h2*7-9,11H,5-6,10H2,1-4H3;5-7,9H,4,8,10H2,1-3H3;4-7H,1-3H3;1-3H2;;;;/q2*+1;;;;;;;. The minimum atomic E-state index is -4.15. The van der Waals surface area contributed by atoms with E-state index >= 15 is 0 Å². The van der Waals surface area contributed by atoms with Crippen LogP contribution in [0.1, 0.15) is 158 Å². The summed E-state index contributed by atoms with van der Waals surface area (Å²) in [5, 5.41) is 14.0. The third-order valence-corrected chi connectivity index (χ3v) is 23.7. The van der Waals surface area contributed by atoms with Crippen molar-refractivity contribution in [1.82, 2.24) is 0 Å². The Hall–Kier alpha value is -6.30. The Morgan fingerprint density at radius 3 is 1.04 bits per heavy atom. The van der Waals surface area contributed by atoms with Crippen molar-refractivity contribution in [1.29, 1.82) is 0 Å². The zero-order valence-electron chi connectivity index (χ0n) is 56.9. The van der Waals surface area contributed by atoms with Crippen molar-refractivity contribution in [2.24, 2.45) is 4.99 Å². The number of thiophene rings is 4. The van der Waals surface area contributed by atoms with Gasteiger partial charge in [-0.25, -0.2) is 8.42 Å². The fourth-order valence-corrected chi connectivity index (χ4v) is 16.7. The predicted octanol–water partition coefficient (Wildman–Crippen LogP) is 13.4. The highest BCUT2D eigenvalue weighted by molar-refractivity contribution is 7.87.